The van der Waals surface area contributed by atoms with Crippen LogP contribution in [0.5, 0.6) is 0 Å². The minimum absolute atomic E-state index is 0.0160. The Hall–Kier alpha value is -4.13. The highest BCUT2D eigenvalue weighted by atomic mass is 19.4. The highest BCUT2D eigenvalue weighted by molar-refractivity contribution is 6.02. The Balaban J connectivity index is 1.60. The predicted octanol–water partition coefficient (Wildman–Crippen LogP) is -0.216. The van der Waals surface area contributed by atoms with Crippen molar-refractivity contribution in [1.82, 2.24) is 25.8 Å². The number of halogens is 6. The first kappa shape index (κ1) is 30.8. The van der Waals surface area contributed by atoms with Crippen molar-refractivity contribution in [2.75, 3.05) is 26.3 Å². The Bertz CT molecular complexity index is 1290. The van der Waals surface area contributed by atoms with E-state index < -0.39 is 96.4 Å². The fraction of sp³-hybridized carbons (Fsp3) is 0.522. The smallest absolute Gasteiger partial charge is 0.417 e. The normalized spacial score (nSPS) is 25.1. The average Bonchev–Trinajstić information content (AvgIpc) is 3.42. The standard InChI is InChI=1S/C23H25F6N7O6/c24-22(25,26)10-1-2-13(23(27,28)29)12(5-10)18(41)42-11(8-37)6-36-20(31)32-14(7-35-15(39)3-4-16(35)40)17-21(36,9-38)34-19(30)33-17/h1-2,5,11,14,17,37-38H,3-4,6-9H2,(H2,31,32)(H3,30,33,34)/t11-,14?,17?,21?/m0/s1. The molecule has 3 unspecified atom stereocenters. The van der Waals surface area contributed by atoms with Crippen molar-refractivity contribution in [1.29, 1.82) is 10.8 Å². The third-order valence-electron chi connectivity index (χ3n) is 7.14. The van der Waals surface area contributed by atoms with E-state index in [1.165, 1.54) is 0 Å². The molecule has 0 saturated carbocycles. The molecule has 3 aliphatic heterocycles. The van der Waals surface area contributed by atoms with E-state index in [0.29, 0.717) is 0 Å². The topological polar surface area (TPSA) is 191 Å². The van der Waals surface area contributed by atoms with E-state index in [-0.39, 0.29) is 43.5 Å². The quantitative estimate of drug-likeness (QED) is 0.118. The van der Waals surface area contributed by atoms with Crippen LogP contribution in [0.3, 0.4) is 0 Å². The molecule has 13 nitrogen and oxygen atoms in total. The summed E-state index contributed by atoms with van der Waals surface area (Å²) in [6.45, 7) is -2.85. The number of carbonyl (C=O) groups is 3. The Morgan fingerprint density at radius 3 is 2.26 bits per heavy atom. The SMILES string of the molecule is N=C1NC2C(CN3C(=O)CCC3=O)NC(=N)N(C[C@@H](CO)OC(=O)c3cc(C(F)(F)F)ccc3C(F)(F)F)C2(CO)N1. The van der Waals surface area contributed by atoms with Crippen molar-refractivity contribution in [2.45, 2.75) is 49.0 Å². The van der Waals surface area contributed by atoms with Crippen molar-refractivity contribution in [3.05, 3.63) is 34.9 Å². The van der Waals surface area contributed by atoms with E-state index in [1.54, 1.807) is 0 Å². The third-order valence-corrected chi connectivity index (χ3v) is 7.14. The number of rotatable bonds is 8. The zero-order chi connectivity index (χ0) is 31.2. The summed E-state index contributed by atoms with van der Waals surface area (Å²) in [4.78, 5) is 39.0. The van der Waals surface area contributed by atoms with Gasteiger partial charge in [0.1, 0.15) is 6.10 Å². The summed E-state index contributed by atoms with van der Waals surface area (Å²) in [5.74, 6) is -3.64. The van der Waals surface area contributed by atoms with Gasteiger partial charge in [-0.15, -0.1) is 0 Å². The van der Waals surface area contributed by atoms with Crippen molar-refractivity contribution in [2.24, 2.45) is 0 Å². The molecule has 4 rings (SSSR count). The van der Waals surface area contributed by atoms with E-state index in [0.717, 1.165) is 9.80 Å². The van der Waals surface area contributed by atoms with Crippen molar-refractivity contribution in [3.63, 3.8) is 0 Å². The molecule has 3 heterocycles. The first-order chi connectivity index (χ1) is 19.5. The van der Waals surface area contributed by atoms with Crippen LogP contribution in [0.1, 0.15) is 34.3 Å². The molecule has 19 heteroatoms. The van der Waals surface area contributed by atoms with Crippen molar-refractivity contribution in [3.8, 4) is 0 Å². The van der Waals surface area contributed by atoms with E-state index in [1.807, 2.05) is 0 Å². The van der Waals surface area contributed by atoms with Crippen LogP contribution in [0, 0.1) is 10.8 Å². The van der Waals surface area contributed by atoms with Crippen LogP contribution in [0.25, 0.3) is 0 Å². The molecule has 4 atom stereocenters. The number of alkyl halides is 6. The zero-order valence-electron chi connectivity index (χ0n) is 21.4. The summed E-state index contributed by atoms with van der Waals surface area (Å²) in [6.07, 6.45) is -12.1. The van der Waals surface area contributed by atoms with Gasteiger partial charge >= 0.3 is 18.3 Å². The lowest BCUT2D eigenvalue weighted by Crippen LogP contribution is -2.79. The lowest BCUT2D eigenvalue weighted by atomic mass is 9.90. The lowest BCUT2D eigenvalue weighted by molar-refractivity contribution is -0.141. The van der Waals surface area contributed by atoms with Crippen LogP contribution in [0.4, 0.5) is 26.3 Å². The molecule has 1 aromatic rings. The fourth-order valence-corrected chi connectivity index (χ4v) is 5.15. The minimum Gasteiger partial charge on any atom is -0.454 e. The molecule has 0 radical (unpaired) electrons. The number of benzene rings is 1. The Kier molecular flexibility index (Phi) is 8.02. The fourth-order valence-electron chi connectivity index (χ4n) is 5.15. The maximum atomic E-state index is 13.5. The number of hydrogen-bond acceptors (Lipinski definition) is 8. The zero-order valence-corrected chi connectivity index (χ0v) is 21.4. The summed E-state index contributed by atoms with van der Waals surface area (Å²) in [5, 5.41) is 44.9. The lowest BCUT2D eigenvalue weighted by Gasteiger charge is -2.52. The first-order valence-electron chi connectivity index (χ1n) is 12.3. The molecule has 230 valence electrons. The number of aliphatic hydroxyl groups is 2. The molecular weight excluding hydrogens is 584 g/mol. The summed E-state index contributed by atoms with van der Waals surface area (Å²) in [5.41, 5.74) is -6.49. The monoisotopic (exact) mass is 609 g/mol. The van der Waals surface area contributed by atoms with E-state index >= 15 is 0 Å². The average molecular weight is 609 g/mol. The summed E-state index contributed by atoms with van der Waals surface area (Å²) < 4.78 is 85.0. The predicted molar refractivity (Wildman–Crippen MR) is 128 cm³/mol. The number of aliphatic hydroxyl groups excluding tert-OH is 2. The highest BCUT2D eigenvalue weighted by Gasteiger charge is 2.58. The number of carbonyl (C=O) groups excluding carboxylic acids is 3. The number of hydrogen-bond donors (Lipinski definition) is 7. The molecule has 3 fully saturated rings. The second-order valence-corrected chi connectivity index (χ2v) is 9.78. The van der Waals surface area contributed by atoms with Gasteiger partial charge in [0.25, 0.3) is 0 Å². The van der Waals surface area contributed by atoms with Gasteiger partial charge in [-0.2, -0.15) is 26.3 Å². The summed E-state index contributed by atoms with van der Waals surface area (Å²) in [7, 11) is 0. The molecule has 0 spiro atoms. The number of guanidine groups is 2. The molecular formula is C23H25F6N7O6. The molecule has 42 heavy (non-hydrogen) atoms. The van der Waals surface area contributed by atoms with Crippen LogP contribution in [-0.4, -0.2) is 99.9 Å². The van der Waals surface area contributed by atoms with Gasteiger partial charge in [-0.25, -0.2) is 4.79 Å². The molecule has 3 saturated heterocycles. The molecule has 3 aliphatic rings. The van der Waals surface area contributed by atoms with Gasteiger partial charge in [-0.05, 0) is 18.2 Å². The molecule has 2 amide bonds. The van der Waals surface area contributed by atoms with Crippen LogP contribution in [-0.2, 0) is 26.7 Å². The van der Waals surface area contributed by atoms with Gasteiger partial charge < -0.3 is 35.8 Å². The second-order valence-electron chi connectivity index (χ2n) is 9.78. The van der Waals surface area contributed by atoms with Gasteiger partial charge in [-0.1, -0.05) is 0 Å². The largest absolute Gasteiger partial charge is 0.454 e. The molecule has 0 aromatic heterocycles. The summed E-state index contributed by atoms with van der Waals surface area (Å²) >= 11 is 0. The number of fused-ring (bicyclic) bond motifs is 1. The second kappa shape index (κ2) is 10.9. The molecule has 1 aromatic carbocycles. The van der Waals surface area contributed by atoms with Gasteiger partial charge in [0.2, 0.25) is 11.8 Å². The minimum atomic E-state index is -5.23. The molecule has 0 aliphatic carbocycles. The highest BCUT2D eigenvalue weighted by Crippen LogP contribution is 2.37. The number of amides is 2. The molecule has 0 bridgehead atoms. The summed E-state index contributed by atoms with van der Waals surface area (Å²) in [6, 6.07) is -1.75. The number of likely N-dealkylation sites (tertiary alicyclic amines) is 1. The van der Waals surface area contributed by atoms with E-state index in [9.17, 15) is 50.9 Å². The van der Waals surface area contributed by atoms with Crippen molar-refractivity contribution < 1.29 is 55.7 Å². The van der Waals surface area contributed by atoms with E-state index in [2.05, 4.69) is 16.0 Å². The number of nitrogens with one attached hydrogen (secondary N) is 5. The number of imide groups is 1. The maximum absolute atomic E-state index is 13.5. The van der Waals surface area contributed by atoms with Gasteiger partial charge in [0.05, 0.1) is 55.1 Å². The maximum Gasteiger partial charge on any atom is 0.417 e. The van der Waals surface area contributed by atoms with Gasteiger partial charge in [0.15, 0.2) is 17.6 Å². The number of ether oxygens (including phenoxy) is 1. The Morgan fingerprint density at radius 1 is 1.07 bits per heavy atom. The Labute approximate surface area is 232 Å². The van der Waals surface area contributed by atoms with Crippen LogP contribution < -0.4 is 16.0 Å². The third kappa shape index (κ3) is 5.65. The van der Waals surface area contributed by atoms with Crippen molar-refractivity contribution >= 4 is 29.7 Å². The molecule has 7 N–H and O–H groups in total. The van der Waals surface area contributed by atoms with Gasteiger partial charge in [-0.3, -0.25) is 25.3 Å². The van der Waals surface area contributed by atoms with Crippen LogP contribution in [0.2, 0.25) is 0 Å². The number of esters is 1. The Morgan fingerprint density at radius 2 is 1.71 bits per heavy atom. The first-order valence-corrected chi connectivity index (χ1v) is 12.3. The van der Waals surface area contributed by atoms with Crippen LogP contribution in [0.15, 0.2) is 18.2 Å². The van der Waals surface area contributed by atoms with Gasteiger partial charge in [0, 0.05) is 12.8 Å². The van der Waals surface area contributed by atoms with E-state index in [4.69, 9.17) is 15.6 Å². The number of nitrogens with zero attached hydrogens (tertiary/aromatic N) is 2. The van der Waals surface area contributed by atoms with Crippen LogP contribution >= 0.6 is 0 Å².